The minimum absolute atomic E-state index is 0.127. The number of carbonyl (C=O) groups is 2. The first-order valence-electron chi connectivity index (χ1n) is 7.56. The minimum atomic E-state index is -0.865. The molecule has 0 saturated carbocycles. The van der Waals surface area contributed by atoms with E-state index in [9.17, 15) is 9.59 Å². The molecule has 7 nitrogen and oxygen atoms in total. The number of hydrogen-bond donors (Lipinski definition) is 3. The maximum Gasteiger partial charge on any atom is 0.318 e. The molecule has 3 amide bonds. The fraction of sp³-hybridized carbons (Fsp3) is 0.500. The van der Waals surface area contributed by atoms with E-state index in [0.717, 1.165) is 12.0 Å². The summed E-state index contributed by atoms with van der Waals surface area (Å²) in [6, 6.07) is 4.05. The van der Waals surface area contributed by atoms with Gasteiger partial charge < -0.3 is 15.2 Å². The van der Waals surface area contributed by atoms with Crippen LogP contribution in [-0.2, 0) is 4.79 Å². The van der Waals surface area contributed by atoms with Crippen molar-refractivity contribution in [2.45, 2.75) is 39.3 Å². The van der Waals surface area contributed by atoms with E-state index in [2.05, 4.69) is 5.32 Å². The lowest BCUT2D eigenvalue weighted by Crippen LogP contribution is -2.47. The van der Waals surface area contributed by atoms with Crippen LogP contribution >= 0.6 is 0 Å². The molecule has 0 aliphatic rings. The van der Waals surface area contributed by atoms with Crippen molar-refractivity contribution < 1.29 is 19.1 Å². The van der Waals surface area contributed by atoms with E-state index in [4.69, 9.17) is 15.2 Å². The third-order valence-electron chi connectivity index (χ3n) is 3.29. The summed E-state index contributed by atoms with van der Waals surface area (Å²) in [6.45, 7) is 6.22. The summed E-state index contributed by atoms with van der Waals surface area (Å²) < 4.78 is 11.0. The Labute approximate surface area is 136 Å². The first kappa shape index (κ1) is 18.8. The average Bonchev–Trinajstić information content (AvgIpc) is 2.51. The molecular weight excluding hydrogens is 298 g/mol. The van der Waals surface area contributed by atoms with Crippen molar-refractivity contribution in [3.8, 4) is 11.5 Å². The van der Waals surface area contributed by atoms with Crippen LogP contribution in [0.3, 0.4) is 0 Å². The summed E-state index contributed by atoms with van der Waals surface area (Å²) in [5.41, 5.74) is 5.87. The van der Waals surface area contributed by atoms with E-state index in [1.54, 1.807) is 14.0 Å². The summed E-state index contributed by atoms with van der Waals surface area (Å²) in [7, 11) is 1.58. The van der Waals surface area contributed by atoms with Crippen LogP contribution in [0.25, 0.3) is 0 Å². The van der Waals surface area contributed by atoms with Gasteiger partial charge in [-0.3, -0.25) is 15.4 Å². The van der Waals surface area contributed by atoms with Gasteiger partial charge in [0.1, 0.15) is 0 Å². The quantitative estimate of drug-likeness (QED) is 0.676. The van der Waals surface area contributed by atoms with Gasteiger partial charge in [0.2, 0.25) is 5.91 Å². The van der Waals surface area contributed by atoms with Crippen LogP contribution in [0.1, 0.15) is 38.8 Å². The molecule has 1 rings (SSSR count). The first-order chi connectivity index (χ1) is 10.9. The molecule has 2 atom stereocenters. The molecule has 0 heterocycles. The Morgan fingerprint density at radius 1 is 1.26 bits per heavy atom. The predicted molar refractivity (Wildman–Crippen MR) is 87.5 cm³/mol. The maximum absolute atomic E-state index is 11.7. The number of amides is 3. The number of ether oxygens (including phenoxy) is 2. The number of imide groups is 1. The van der Waals surface area contributed by atoms with Crippen LogP contribution in [-0.4, -0.2) is 31.7 Å². The molecule has 0 fully saturated rings. The van der Waals surface area contributed by atoms with Crippen LogP contribution in [0.2, 0.25) is 0 Å². The van der Waals surface area contributed by atoms with Gasteiger partial charge in [-0.1, -0.05) is 13.0 Å². The molecule has 4 N–H and O–H groups in total. The third kappa shape index (κ3) is 5.78. The van der Waals surface area contributed by atoms with Gasteiger partial charge in [-0.05, 0) is 38.0 Å². The monoisotopic (exact) mass is 323 g/mol. The summed E-state index contributed by atoms with van der Waals surface area (Å²) in [4.78, 5) is 22.4. The molecule has 0 saturated heterocycles. The molecule has 0 bridgehead atoms. The molecule has 128 valence electrons. The topological polar surface area (TPSA) is 103 Å². The highest BCUT2D eigenvalue weighted by Gasteiger charge is 2.18. The predicted octanol–water partition coefficient (Wildman–Crippen LogP) is 1.72. The van der Waals surface area contributed by atoms with Crippen LogP contribution in [0.5, 0.6) is 11.5 Å². The van der Waals surface area contributed by atoms with Gasteiger partial charge in [-0.15, -0.1) is 0 Å². The number of nitrogens with one attached hydrogen (secondary N) is 2. The zero-order valence-corrected chi connectivity index (χ0v) is 14.0. The Morgan fingerprint density at radius 2 is 1.96 bits per heavy atom. The number of benzene rings is 1. The zero-order valence-electron chi connectivity index (χ0n) is 14.0. The second-order valence-electron chi connectivity index (χ2n) is 5.22. The van der Waals surface area contributed by atoms with Crippen molar-refractivity contribution >= 4 is 11.9 Å². The molecule has 0 aliphatic carbocycles. The Balaban J connectivity index is 2.77. The van der Waals surface area contributed by atoms with Gasteiger partial charge in [-0.2, -0.15) is 0 Å². The molecule has 7 heteroatoms. The average molecular weight is 323 g/mol. The smallest absolute Gasteiger partial charge is 0.318 e. The summed E-state index contributed by atoms with van der Waals surface area (Å²) >= 11 is 0. The van der Waals surface area contributed by atoms with E-state index in [-0.39, 0.29) is 6.04 Å². The molecule has 1 aromatic carbocycles. The van der Waals surface area contributed by atoms with Gasteiger partial charge in [0, 0.05) is 6.04 Å². The second kappa shape index (κ2) is 8.99. The molecule has 0 radical (unpaired) electrons. The Morgan fingerprint density at radius 3 is 2.52 bits per heavy atom. The number of hydrogen-bond acceptors (Lipinski definition) is 5. The molecule has 0 spiro atoms. The lowest BCUT2D eigenvalue weighted by Gasteiger charge is -2.20. The molecule has 2 unspecified atom stereocenters. The normalized spacial score (nSPS) is 13.0. The highest BCUT2D eigenvalue weighted by atomic mass is 16.5. The van der Waals surface area contributed by atoms with Gasteiger partial charge in [0.15, 0.2) is 11.5 Å². The van der Waals surface area contributed by atoms with Gasteiger partial charge in [0.05, 0.1) is 19.8 Å². The number of primary amides is 1. The lowest BCUT2D eigenvalue weighted by atomic mass is 10.1. The van der Waals surface area contributed by atoms with Crippen molar-refractivity contribution in [1.82, 2.24) is 10.6 Å². The van der Waals surface area contributed by atoms with Gasteiger partial charge in [-0.25, -0.2) is 4.79 Å². The molecule has 0 aliphatic heterocycles. The SMILES string of the molecule is CCCOc1ccc(C(C)NC(C)C(=O)NC(N)=O)cc1OC. The summed E-state index contributed by atoms with van der Waals surface area (Å²) in [5, 5.41) is 5.15. The first-order valence-corrected chi connectivity index (χ1v) is 7.56. The number of urea groups is 1. The van der Waals surface area contributed by atoms with Crippen molar-refractivity contribution in [3.05, 3.63) is 23.8 Å². The van der Waals surface area contributed by atoms with Crippen molar-refractivity contribution in [2.75, 3.05) is 13.7 Å². The number of methoxy groups -OCH3 is 1. The van der Waals surface area contributed by atoms with Gasteiger partial charge in [0.25, 0.3) is 0 Å². The summed E-state index contributed by atoms with van der Waals surface area (Å²) in [5.74, 6) is 0.850. The van der Waals surface area contributed by atoms with E-state index < -0.39 is 18.0 Å². The number of carbonyl (C=O) groups excluding carboxylic acids is 2. The number of rotatable bonds is 8. The molecule has 0 aromatic heterocycles. The fourth-order valence-corrected chi connectivity index (χ4v) is 2.06. The summed E-state index contributed by atoms with van der Waals surface area (Å²) in [6.07, 6.45) is 0.912. The van der Waals surface area contributed by atoms with Crippen LogP contribution in [0, 0.1) is 0 Å². The third-order valence-corrected chi connectivity index (χ3v) is 3.29. The van der Waals surface area contributed by atoms with E-state index in [1.165, 1.54) is 0 Å². The fourth-order valence-electron chi connectivity index (χ4n) is 2.06. The Bertz CT molecular complexity index is 548. The van der Waals surface area contributed by atoms with E-state index in [1.807, 2.05) is 37.4 Å². The van der Waals surface area contributed by atoms with E-state index in [0.29, 0.717) is 18.1 Å². The Hall–Kier alpha value is -2.28. The molecule has 1 aromatic rings. The second-order valence-corrected chi connectivity index (χ2v) is 5.22. The van der Waals surface area contributed by atoms with Crippen LogP contribution < -0.4 is 25.8 Å². The number of nitrogens with two attached hydrogens (primary N) is 1. The minimum Gasteiger partial charge on any atom is -0.493 e. The van der Waals surface area contributed by atoms with Crippen LogP contribution in [0.15, 0.2) is 18.2 Å². The maximum atomic E-state index is 11.7. The molecule has 23 heavy (non-hydrogen) atoms. The van der Waals surface area contributed by atoms with Crippen LogP contribution in [0.4, 0.5) is 4.79 Å². The van der Waals surface area contributed by atoms with Crippen molar-refractivity contribution in [2.24, 2.45) is 5.73 Å². The largest absolute Gasteiger partial charge is 0.493 e. The van der Waals surface area contributed by atoms with Crippen molar-refractivity contribution in [3.63, 3.8) is 0 Å². The standard InChI is InChI=1S/C16H25N3O4/c1-5-8-23-13-7-6-12(9-14(13)22-4)10(2)18-11(3)15(20)19-16(17)21/h6-7,9-11,18H,5,8H2,1-4H3,(H3,17,19,20,21). The molecular formula is C16H25N3O4. The highest BCUT2D eigenvalue weighted by molar-refractivity contribution is 5.96. The lowest BCUT2D eigenvalue weighted by molar-refractivity contribution is -0.121. The highest BCUT2D eigenvalue weighted by Crippen LogP contribution is 2.30. The Kier molecular flexibility index (Phi) is 7.34. The van der Waals surface area contributed by atoms with Crippen molar-refractivity contribution in [1.29, 1.82) is 0 Å². The van der Waals surface area contributed by atoms with Gasteiger partial charge >= 0.3 is 6.03 Å². The van der Waals surface area contributed by atoms with E-state index >= 15 is 0 Å². The zero-order chi connectivity index (χ0) is 17.4.